The highest BCUT2D eigenvalue weighted by Gasteiger charge is 2.57. The molecule has 10 heteroatoms. The van der Waals surface area contributed by atoms with Crippen molar-refractivity contribution in [1.82, 2.24) is 14.6 Å². The number of nitrogen functional groups attached to an aromatic ring is 1. The first kappa shape index (κ1) is 19.8. The number of nitrogens with two attached hydrogens (primary N) is 1. The van der Waals surface area contributed by atoms with E-state index in [2.05, 4.69) is 10.1 Å². The lowest BCUT2D eigenvalue weighted by Crippen LogP contribution is -2.40. The highest BCUT2D eigenvalue weighted by molar-refractivity contribution is 5.70. The molecule has 0 aliphatic carbocycles. The lowest BCUT2D eigenvalue weighted by atomic mass is 9.91. The molecule has 0 saturated carbocycles. The van der Waals surface area contributed by atoms with Crippen LogP contribution in [0.2, 0.25) is 0 Å². The second-order valence-corrected chi connectivity index (χ2v) is 7.14. The molecule has 30 heavy (non-hydrogen) atoms. The summed E-state index contributed by atoms with van der Waals surface area (Å²) in [7, 11) is 0. The van der Waals surface area contributed by atoms with Crippen molar-refractivity contribution in [3.8, 4) is 6.07 Å². The number of anilines is 1. The topological polar surface area (TPSA) is 167 Å². The minimum absolute atomic E-state index is 0.117. The molecule has 1 saturated heterocycles. The van der Waals surface area contributed by atoms with Crippen molar-refractivity contribution in [2.75, 3.05) is 5.73 Å². The van der Waals surface area contributed by atoms with Crippen LogP contribution in [0, 0.1) is 11.3 Å². The van der Waals surface area contributed by atoms with Gasteiger partial charge in [0.2, 0.25) is 5.60 Å². The molecule has 0 bridgehead atoms. The molecule has 0 radical (unpaired) electrons. The smallest absolute Gasteiger partial charge is 0.307 e. The number of aliphatic carboxylic acids is 1. The molecule has 1 fully saturated rings. The zero-order valence-corrected chi connectivity index (χ0v) is 15.7. The number of hydrogen-bond donors (Lipinski definition) is 4. The van der Waals surface area contributed by atoms with E-state index in [4.69, 9.17) is 15.6 Å². The van der Waals surface area contributed by atoms with E-state index < -0.39 is 29.9 Å². The first-order valence-electron chi connectivity index (χ1n) is 9.20. The fourth-order valence-corrected chi connectivity index (χ4v) is 3.89. The van der Waals surface area contributed by atoms with Crippen molar-refractivity contribution >= 4 is 17.3 Å². The Hall–Kier alpha value is -3.52. The van der Waals surface area contributed by atoms with Crippen molar-refractivity contribution in [3.05, 3.63) is 59.5 Å². The maximum absolute atomic E-state index is 11.1. The molecule has 4 rings (SSSR count). The third-order valence-corrected chi connectivity index (χ3v) is 5.37. The van der Waals surface area contributed by atoms with E-state index in [9.17, 15) is 20.3 Å². The van der Waals surface area contributed by atoms with Crippen LogP contribution in [0.1, 0.15) is 16.8 Å². The molecule has 1 aliphatic heterocycles. The highest BCUT2D eigenvalue weighted by Crippen LogP contribution is 2.41. The molecule has 2 aromatic heterocycles. The van der Waals surface area contributed by atoms with Crippen LogP contribution in [0.25, 0.3) is 5.52 Å². The van der Waals surface area contributed by atoms with Crippen molar-refractivity contribution < 1.29 is 24.9 Å². The molecule has 0 spiro atoms. The zero-order valence-electron chi connectivity index (χ0n) is 15.7. The Labute approximate surface area is 170 Å². The first-order chi connectivity index (χ1) is 14.4. The first-order valence-corrected chi connectivity index (χ1v) is 9.20. The van der Waals surface area contributed by atoms with Gasteiger partial charge in [-0.25, -0.2) is 9.50 Å². The minimum atomic E-state index is -1.89. The maximum atomic E-state index is 11.1. The van der Waals surface area contributed by atoms with Crippen LogP contribution in [-0.2, 0) is 28.0 Å². The SMILES string of the molecule is N#CC1(c2ccc3c(N)ncnn23)OC(Cc2ccccc2CC(=O)O)C(O)C1O. The molecule has 5 N–H and O–H groups in total. The number of hydrogen-bond acceptors (Lipinski definition) is 8. The average molecular weight is 409 g/mol. The van der Waals surface area contributed by atoms with Crippen LogP contribution in [0.5, 0.6) is 0 Å². The molecular formula is C20H19N5O5. The van der Waals surface area contributed by atoms with Gasteiger partial charge in [0.1, 0.15) is 30.1 Å². The van der Waals surface area contributed by atoms with Crippen molar-refractivity contribution in [1.29, 1.82) is 5.26 Å². The molecule has 3 heterocycles. The molecule has 1 aromatic carbocycles. The monoisotopic (exact) mass is 409 g/mol. The second-order valence-electron chi connectivity index (χ2n) is 7.14. The van der Waals surface area contributed by atoms with Gasteiger partial charge in [-0.15, -0.1) is 0 Å². The summed E-state index contributed by atoms with van der Waals surface area (Å²) in [6.07, 6.45) is -2.75. The number of carbonyl (C=O) groups is 1. The van der Waals surface area contributed by atoms with E-state index >= 15 is 0 Å². The van der Waals surface area contributed by atoms with E-state index in [1.807, 2.05) is 6.07 Å². The Kier molecular flexibility index (Phi) is 4.87. The van der Waals surface area contributed by atoms with Gasteiger partial charge in [-0.2, -0.15) is 10.4 Å². The average Bonchev–Trinajstić information content (AvgIpc) is 3.26. The van der Waals surface area contributed by atoms with Gasteiger partial charge in [0.05, 0.1) is 18.2 Å². The van der Waals surface area contributed by atoms with Gasteiger partial charge in [-0.1, -0.05) is 24.3 Å². The lowest BCUT2D eigenvalue weighted by molar-refractivity contribution is -0.136. The number of aliphatic hydroxyl groups is 2. The summed E-state index contributed by atoms with van der Waals surface area (Å²) < 4.78 is 7.30. The number of rotatable bonds is 5. The number of ether oxygens (including phenoxy) is 1. The normalized spacial score (nSPS) is 26.0. The standard InChI is InChI=1S/C20H19N5O5/c21-9-20(15-6-5-13-19(22)23-10-24-25(13)15)18(29)17(28)14(30-20)7-11-3-1-2-4-12(11)8-16(26)27/h1-6,10,14,17-18,28-29H,7-8H2,(H,26,27)(H2,22,23,24). The Morgan fingerprint density at radius 1 is 1.27 bits per heavy atom. The third-order valence-electron chi connectivity index (χ3n) is 5.37. The highest BCUT2D eigenvalue weighted by atomic mass is 16.6. The second kappa shape index (κ2) is 7.38. The Bertz CT molecular complexity index is 1160. The van der Waals surface area contributed by atoms with Gasteiger partial charge in [0, 0.05) is 6.42 Å². The number of aliphatic hydroxyl groups excluding tert-OH is 2. The summed E-state index contributed by atoms with van der Waals surface area (Å²) in [6, 6.07) is 12.0. The Morgan fingerprint density at radius 2 is 2.00 bits per heavy atom. The summed E-state index contributed by atoms with van der Waals surface area (Å²) in [4.78, 5) is 15.0. The van der Waals surface area contributed by atoms with E-state index in [0.29, 0.717) is 16.6 Å². The fourth-order valence-electron chi connectivity index (χ4n) is 3.89. The zero-order chi connectivity index (χ0) is 21.5. The van der Waals surface area contributed by atoms with Crippen molar-refractivity contribution in [2.45, 2.75) is 36.8 Å². The van der Waals surface area contributed by atoms with E-state index in [1.54, 1.807) is 36.4 Å². The van der Waals surface area contributed by atoms with Gasteiger partial charge in [0.25, 0.3) is 0 Å². The number of carboxylic acids is 1. The molecule has 10 nitrogen and oxygen atoms in total. The molecule has 4 atom stereocenters. The van der Waals surface area contributed by atoms with Crippen LogP contribution < -0.4 is 5.73 Å². The summed E-state index contributed by atoms with van der Waals surface area (Å²) in [5.41, 5.74) is 5.82. The quantitative estimate of drug-likeness (QED) is 0.454. The molecular weight excluding hydrogens is 390 g/mol. The Morgan fingerprint density at radius 3 is 2.70 bits per heavy atom. The lowest BCUT2D eigenvalue weighted by Gasteiger charge is -2.24. The largest absolute Gasteiger partial charge is 0.481 e. The van der Waals surface area contributed by atoms with Crippen LogP contribution in [0.15, 0.2) is 42.7 Å². The van der Waals surface area contributed by atoms with Crippen LogP contribution in [0.4, 0.5) is 5.82 Å². The van der Waals surface area contributed by atoms with Gasteiger partial charge in [-0.05, 0) is 23.3 Å². The summed E-state index contributed by atoms with van der Waals surface area (Å²) in [5.74, 6) is -0.796. The summed E-state index contributed by atoms with van der Waals surface area (Å²) in [5, 5.41) is 44.6. The maximum Gasteiger partial charge on any atom is 0.307 e. The number of nitrogens with zero attached hydrogens (tertiary/aromatic N) is 4. The fraction of sp³-hybridized carbons (Fsp3) is 0.300. The van der Waals surface area contributed by atoms with E-state index in [-0.39, 0.29) is 24.4 Å². The number of aromatic nitrogens is 3. The van der Waals surface area contributed by atoms with Gasteiger partial charge in [-0.3, -0.25) is 4.79 Å². The van der Waals surface area contributed by atoms with Crippen LogP contribution in [-0.4, -0.2) is 54.2 Å². The number of carboxylic acid groups (broad SMARTS) is 1. The number of fused-ring (bicyclic) bond motifs is 1. The van der Waals surface area contributed by atoms with Crippen molar-refractivity contribution in [2.24, 2.45) is 0 Å². The van der Waals surface area contributed by atoms with Gasteiger partial charge >= 0.3 is 5.97 Å². The number of benzene rings is 1. The van der Waals surface area contributed by atoms with Gasteiger partial charge in [0.15, 0.2) is 5.82 Å². The van der Waals surface area contributed by atoms with E-state index in [0.717, 1.165) is 0 Å². The van der Waals surface area contributed by atoms with Crippen LogP contribution in [0.3, 0.4) is 0 Å². The van der Waals surface area contributed by atoms with Crippen LogP contribution >= 0.6 is 0 Å². The number of nitriles is 1. The van der Waals surface area contributed by atoms with E-state index in [1.165, 1.54) is 10.8 Å². The Balaban J connectivity index is 1.71. The molecule has 154 valence electrons. The molecule has 4 unspecified atom stereocenters. The minimum Gasteiger partial charge on any atom is -0.481 e. The third kappa shape index (κ3) is 3.05. The van der Waals surface area contributed by atoms with Crippen molar-refractivity contribution in [3.63, 3.8) is 0 Å². The predicted molar refractivity (Wildman–Crippen MR) is 103 cm³/mol. The molecule has 1 aliphatic rings. The summed E-state index contributed by atoms with van der Waals surface area (Å²) >= 11 is 0. The van der Waals surface area contributed by atoms with Gasteiger partial charge < -0.3 is 25.8 Å². The molecule has 3 aromatic rings. The molecule has 0 amide bonds. The summed E-state index contributed by atoms with van der Waals surface area (Å²) in [6.45, 7) is 0. The predicted octanol–water partition coefficient (Wildman–Crippen LogP) is 0.0208.